The van der Waals surface area contributed by atoms with Crippen LogP contribution < -0.4 is 10.1 Å². The molecule has 190 valence electrons. The molecule has 0 bridgehead atoms. The number of aliphatic hydroxyl groups excluding tert-OH is 1. The van der Waals surface area contributed by atoms with Crippen LogP contribution in [0.4, 0.5) is 5.69 Å². The third-order valence-electron chi connectivity index (χ3n) is 4.55. The molecule has 0 fully saturated rings. The van der Waals surface area contributed by atoms with Gasteiger partial charge in [-0.1, -0.05) is 6.92 Å². The van der Waals surface area contributed by atoms with Crippen molar-refractivity contribution in [1.82, 2.24) is 4.90 Å². The van der Waals surface area contributed by atoms with Crippen LogP contribution in [0.2, 0.25) is 0 Å². The zero-order valence-electron chi connectivity index (χ0n) is 19.9. The van der Waals surface area contributed by atoms with Gasteiger partial charge in [-0.05, 0) is 45.4 Å². The Morgan fingerprint density at radius 3 is 2.53 bits per heavy atom. The standard InChI is InChI=1S/C22H33N3O9/c1-5-6-21(28)23-17-7-8-20(19(11-17)16(4)26)33-13-18(27)12-24(15(2)3)22(29)14-32-9-10-34-25(30)31/h7-8,11,15,18,27H,5-6,9-10,12-14H2,1-4H3,(H,23,28). The third kappa shape index (κ3) is 10.6. The summed E-state index contributed by atoms with van der Waals surface area (Å²) in [6.07, 6.45) is -0.00147. The molecule has 2 amide bonds. The number of nitrogens with zero attached hydrogens (tertiary/aromatic N) is 2. The molecule has 0 saturated carbocycles. The van der Waals surface area contributed by atoms with Crippen LogP contribution >= 0.6 is 0 Å². The SMILES string of the molecule is CCCC(=O)Nc1ccc(OCC(O)CN(C(=O)COCCO[N+](=O)[O-])C(C)C)c(C(C)=O)c1. The highest BCUT2D eigenvalue weighted by atomic mass is 17.0. The monoisotopic (exact) mass is 483 g/mol. The summed E-state index contributed by atoms with van der Waals surface area (Å²) in [7, 11) is 0. The summed E-state index contributed by atoms with van der Waals surface area (Å²) in [4.78, 5) is 51.8. The van der Waals surface area contributed by atoms with Crippen molar-refractivity contribution in [3.05, 3.63) is 33.9 Å². The maximum atomic E-state index is 12.4. The Morgan fingerprint density at radius 2 is 1.94 bits per heavy atom. The van der Waals surface area contributed by atoms with Crippen molar-refractivity contribution in [3.8, 4) is 5.75 Å². The number of benzene rings is 1. The van der Waals surface area contributed by atoms with Crippen LogP contribution in [0.1, 0.15) is 50.9 Å². The summed E-state index contributed by atoms with van der Waals surface area (Å²) in [5.74, 6) is -0.592. The van der Waals surface area contributed by atoms with E-state index in [1.807, 2.05) is 6.92 Å². The lowest BCUT2D eigenvalue weighted by molar-refractivity contribution is -0.758. The number of hydrogen-bond donors (Lipinski definition) is 2. The first-order valence-corrected chi connectivity index (χ1v) is 10.9. The van der Waals surface area contributed by atoms with Crippen molar-refractivity contribution in [2.45, 2.75) is 52.7 Å². The van der Waals surface area contributed by atoms with Gasteiger partial charge in [-0.3, -0.25) is 14.4 Å². The second-order valence-corrected chi connectivity index (χ2v) is 7.78. The number of ether oxygens (including phenoxy) is 2. The van der Waals surface area contributed by atoms with E-state index in [0.717, 1.165) is 0 Å². The average molecular weight is 484 g/mol. The molecule has 1 rings (SSSR count). The summed E-state index contributed by atoms with van der Waals surface area (Å²) < 4.78 is 10.7. The molecule has 12 heteroatoms. The summed E-state index contributed by atoms with van der Waals surface area (Å²) in [6, 6.07) is 4.41. The van der Waals surface area contributed by atoms with Gasteiger partial charge >= 0.3 is 0 Å². The minimum Gasteiger partial charge on any atom is -0.490 e. The molecule has 0 saturated heterocycles. The molecule has 1 aromatic carbocycles. The molecule has 0 aliphatic heterocycles. The molecule has 0 aliphatic rings. The lowest BCUT2D eigenvalue weighted by atomic mass is 10.1. The topological polar surface area (TPSA) is 158 Å². The molecule has 1 atom stereocenters. The number of anilines is 1. The van der Waals surface area contributed by atoms with Crippen LogP contribution in [0.3, 0.4) is 0 Å². The Kier molecular flexibility index (Phi) is 12.5. The molecule has 0 heterocycles. The first-order valence-electron chi connectivity index (χ1n) is 10.9. The van der Waals surface area contributed by atoms with E-state index >= 15 is 0 Å². The zero-order chi connectivity index (χ0) is 25.7. The molecule has 0 aromatic heterocycles. The Labute approximate surface area is 198 Å². The minimum absolute atomic E-state index is 0.0498. The predicted octanol–water partition coefficient (Wildman–Crippen LogP) is 1.83. The van der Waals surface area contributed by atoms with Crippen molar-refractivity contribution in [3.63, 3.8) is 0 Å². The van der Waals surface area contributed by atoms with Crippen LogP contribution in [0.5, 0.6) is 5.75 Å². The van der Waals surface area contributed by atoms with E-state index in [-0.39, 0.29) is 62.0 Å². The molecule has 34 heavy (non-hydrogen) atoms. The number of aliphatic hydroxyl groups is 1. The van der Waals surface area contributed by atoms with Crippen molar-refractivity contribution in [2.24, 2.45) is 0 Å². The van der Waals surface area contributed by atoms with Crippen molar-refractivity contribution in [2.75, 3.05) is 38.3 Å². The number of Topliss-reactive ketones (excluding diaryl/α,β-unsaturated/α-hetero) is 1. The summed E-state index contributed by atoms with van der Waals surface area (Å²) >= 11 is 0. The van der Waals surface area contributed by atoms with Gasteiger partial charge in [0.25, 0.3) is 5.09 Å². The largest absolute Gasteiger partial charge is 0.490 e. The maximum absolute atomic E-state index is 12.4. The van der Waals surface area contributed by atoms with Gasteiger partial charge in [-0.2, -0.15) is 0 Å². The lowest BCUT2D eigenvalue weighted by Gasteiger charge is -2.29. The van der Waals surface area contributed by atoms with E-state index in [4.69, 9.17) is 9.47 Å². The van der Waals surface area contributed by atoms with Gasteiger partial charge in [0, 0.05) is 18.2 Å². The van der Waals surface area contributed by atoms with E-state index < -0.39 is 17.1 Å². The van der Waals surface area contributed by atoms with E-state index in [1.54, 1.807) is 19.9 Å². The molecule has 0 radical (unpaired) electrons. The highest BCUT2D eigenvalue weighted by Crippen LogP contribution is 2.24. The molecule has 0 aliphatic carbocycles. The van der Waals surface area contributed by atoms with Gasteiger partial charge in [0.05, 0.1) is 18.7 Å². The first-order chi connectivity index (χ1) is 16.0. The second-order valence-electron chi connectivity index (χ2n) is 7.78. The number of amides is 2. The number of hydrogen-bond acceptors (Lipinski definition) is 9. The van der Waals surface area contributed by atoms with Gasteiger partial charge in [-0.15, -0.1) is 10.1 Å². The van der Waals surface area contributed by atoms with Crippen molar-refractivity contribution < 1.29 is 38.9 Å². The van der Waals surface area contributed by atoms with Crippen LogP contribution in [-0.4, -0.2) is 77.8 Å². The Balaban J connectivity index is 2.67. The minimum atomic E-state index is -1.06. The van der Waals surface area contributed by atoms with Gasteiger partial charge in [0.15, 0.2) is 5.78 Å². The predicted molar refractivity (Wildman–Crippen MR) is 122 cm³/mol. The summed E-state index contributed by atoms with van der Waals surface area (Å²) in [5, 5.41) is 22.3. The molecule has 2 N–H and O–H groups in total. The summed E-state index contributed by atoms with van der Waals surface area (Å²) in [6.45, 7) is 5.80. The van der Waals surface area contributed by atoms with Gasteiger partial charge in [-0.25, -0.2) is 0 Å². The normalized spacial score (nSPS) is 11.6. The maximum Gasteiger partial charge on any atom is 0.294 e. The van der Waals surface area contributed by atoms with Crippen LogP contribution in [0, 0.1) is 10.1 Å². The molecule has 1 aromatic rings. The lowest BCUT2D eigenvalue weighted by Crippen LogP contribution is -2.45. The number of carbonyl (C=O) groups excluding carboxylic acids is 3. The molecule has 1 unspecified atom stereocenters. The van der Waals surface area contributed by atoms with Crippen LogP contribution in [-0.2, 0) is 19.2 Å². The first kappa shape index (κ1) is 28.8. The zero-order valence-corrected chi connectivity index (χ0v) is 19.9. The highest BCUT2D eigenvalue weighted by Gasteiger charge is 2.21. The molecule has 12 nitrogen and oxygen atoms in total. The fourth-order valence-corrected chi connectivity index (χ4v) is 2.94. The summed E-state index contributed by atoms with van der Waals surface area (Å²) in [5.41, 5.74) is 0.723. The van der Waals surface area contributed by atoms with Crippen LogP contribution in [0.25, 0.3) is 0 Å². The Morgan fingerprint density at radius 1 is 1.24 bits per heavy atom. The number of nitrogens with one attached hydrogen (secondary N) is 1. The van der Waals surface area contributed by atoms with E-state index in [2.05, 4.69) is 10.2 Å². The van der Waals surface area contributed by atoms with Crippen LogP contribution in [0.15, 0.2) is 18.2 Å². The highest BCUT2D eigenvalue weighted by molar-refractivity contribution is 5.99. The number of ketones is 1. The van der Waals surface area contributed by atoms with Gasteiger partial charge in [0.1, 0.15) is 31.7 Å². The van der Waals surface area contributed by atoms with E-state index in [9.17, 15) is 29.6 Å². The van der Waals surface area contributed by atoms with Gasteiger partial charge < -0.3 is 29.6 Å². The number of carbonyl (C=O) groups is 3. The third-order valence-corrected chi connectivity index (χ3v) is 4.55. The number of rotatable bonds is 16. The van der Waals surface area contributed by atoms with Crippen molar-refractivity contribution >= 4 is 23.3 Å². The fraction of sp³-hybridized carbons (Fsp3) is 0.591. The Hall–Kier alpha value is -3.25. The second kappa shape index (κ2) is 14.8. The van der Waals surface area contributed by atoms with Crippen molar-refractivity contribution in [1.29, 1.82) is 0 Å². The smallest absolute Gasteiger partial charge is 0.294 e. The molecular formula is C22H33N3O9. The average Bonchev–Trinajstić information content (AvgIpc) is 2.75. The van der Waals surface area contributed by atoms with E-state index in [1.165, 1.54) is 24.0 Å². The Bertz CT molecular complexity index is 845. The van der Waals surface area contributed by atoms with Gasteiger partial charge in [0.2, 0.25) is 11.8 Å². The van der Waals surface area contributed by atoms with E-state index in [0.29, 0.717) is 18.5 Å². The fourth-order valence-electron chi connectivity index (χ4n) is 2.94. The quantitative estimate of drug-likeness (QED) is 0.155. The molecule has 0 spiro atoms. The molecular weight excluding hydrogens is 450 g/mol.